The largest absolute Gasteiger partial charge is 0.452 e. The van der Waals surface area contributed by atoms with Gasteiger partial charge in [0.25, 0.3) is 11.6 Å². The smallest absolute Gasteiger partial charge is 0.340 e. The van der Waals surface area contributed by atoms with Crippen LogP contribution in [0.25, 0.3) is 0 Å². The van der Waals surface area contributed by atoms with E-state index in [2.05, 4.69) is 5.32 Å². The van der Waals surface area contributed by atoms with Crippen LogP contribution >= 0.6 is 11.6 Å². The Morgan fingerprint density at radius 2 is 1.92 bits per heavy atom. The number of nitrogens with zero attached hydrogens (tertiary/aromatic N) is 1. The number of aryl methyl sites for hydroxylation is 2. The molecule has 0 radical (unpaired) electrons. The van der Waals surface area contributed by atoms with Gasteiger partial charge in [-0.2, -0.15) is 0 Å². The number of hydrogen-bond donors (Lipinski definition) is 1. The van der Waals surface area contributed by atoms with E-state index in [1.807, 2.05) is 26.0 Å². The summed E-state index contributed by atoms with van der Waals surface area (Å²) in [5, 5.41) is 13.2. The van der Waals surface area contributed by atoms with E-state index < -0.39 is 23.4 Å². The number of carbonyl (C=O) groups excluding carboxylic acids is 2. The number of rotatable bonds is 5. The number of esters is 1. The first-order valence-electron chi connectivity index (χ1n) is 7.26. The van der Waals surface area contributed by atoms with Gasteiger partial charge in [0.05, 0.1) is 15.5 Å². The maximum Gasteiger partial charge on any atom is 0.340 e. The Balaban J connectivity index is 1.97. The molecule has 0 spiro atoms. The molecule has 0 fully saturated rings. The summed E-state index contributed by atoms with van der Waals surface area (Å²) in [5.74, 6) is -1.34. The zero-order valence-corrected chi connectivity index (χ0v) is 14.3. The van der Waals surface area contributed by atoms with Crippen molar-refractivity contribution in [1.29, 1.82) is 0 Å². The number of nitro groups is 1. The molecule has 130 valence electrons. The predicted molar refractivity (Wildman–Crippen MR) is 92.9 cm³/mol. The van der Waals surface area contributed by atoms with Gasteiger partial charge in [-0.25, -0.2) is 4.79 Å². The van der Waals surface area contributed by atoms with E-state index in [-0.39, 0.29) is 16.3 Å². The van der Waals surface area contributed by atoms with Gasteiger partial charge in [0.2, 0.25) is 0 Å². The van der Waals surface area contributed by atoms with Crippen LogP contribution in [0.1, 0.15) is 21.5 Å². The van der Waals surface area contributed by atoms with Crippen molar-refractivity contribution in [1.82, 2.24) is 0 Å². The van der Waals surface area contributed by atoms with Crippen molar-refractivity contribution < 1.29 is 19.2 Å². The van der Waals surface area contributed by atoms with Gasteiger partial charge in [-0.05, 0) is 31.5 Å². The Hall–Kier alpha value is -2.93. The number of nitro benzene ring substituents is 1. The van der Waals surface area contributed by atoms with Crippen LogP contribution in [-0.4, -0.2) is 23.4 Å². The fourth-order valence-electron chi connectivity index (χ4n) is 2.13. The maximum atomic E-state index is 12.0. The van der Waals surface area contributed by atoms with Crippen LogP contribution in [0.15, 0.2) is 36.4 Å². The lowest BCUT2D eigenvalue weighted by Gasteiger charge is -2.10. The van der Waals surface area contributed by atoms with E-state index >= 15 is 0 Å². The number of hydrogen-bond acceptors (Lipinski definition) is 5. The molecule has 0 saturated carbocycles. The van der Waals surface area contributed by atoms with Gasteiger partial charge >= 0.3 is 5.97 Å². The van der Waals surface area contributed by atoms with Gasteiger partial charge in [-0.1, -0.05) is 29.3 Å². The standard InChI is InChI=1S/C17H15ClN2O5/c1-10-3-6-15(11(2)7-10)19-16(21)9-25-17(22)13-5-4-12(20(23)24)8-14(13)18/h3-8H,9H2,1-2H3,(H,19,21). The zero-order chi connectivity index (χ0) is 18.6. The highest BCUT2D eigenvalue weighted by Gasteiger charge is 2.17. The third-order valence-electron chi connectivity index (χ3n) is 3.37. The minimum absolute atomic E-state index is 0.0495. The summed E-state index contributed by atoms with van der Waals surface area (Å²) in [6.07, 6.45) is 0. The molecule has 0 unspecified atom stereocenters. The highest BCUT2D eigenvalue weighted by atomic mass is 35.5. The Morgan fingerprint density at radius 3 is 2.52 bits per heavy atom. The summed E-state index contributed by atoms with van der Waals surface area (Å²) < 4.78 is 4.90. The van der Waals surface area contributed by atoms with Gasteiger partial charge in [-0.3, -0.25) is 14.9 Å². The van der Waals surface area contributed by atoms with Crippen molar-refractivity contribution in [3.63, 3.8) is 0 Å². The molecule has 0 aliphatic heterocycles. The van der Waals surface area contributed by atoms with Gasteiger partial charge < -0.3 is 10.1 Å². The minimum atomic E-state index is -0.837. The van der Waals surface area contributed by atoms with Crippen molar-refractivity contribution >= 4 is 34.9 Å². The second-order valence-corrected chi connectivity index (χ2v) is 5.77. The molecule has 0 bridgehead atoms. The normalized spacial score (nSPS) is 10.2. The summed E-state index contributed by atoms with van der Waals surface area (Å²) in [6.45, 7) is 3.29. The van der Waals surface area contributed by atoms with Gasteiger partial charge in [0.15, 0.2) is 6.61 Å². The van der Waals surface area contributed by atoms with Gasteiger partial charge in [0.1, 0.15) is 0 Å². The summed E-state index contributed by atoms with van der Waals surface area (Å²) in [7, 11) is 0. The van der Waals surface area contributed by atoms with Crippen LogP contribution in [0.4, 0.5) is 11.4 Å². The van der Waals surface area contributed by atoms with Gasteiger partial charge in [-0.15, -0.1) is 0 Å². The van der Waals surface area contributed by atoms with Crippen LogP contribution in [0.2, 0.25) is 5.02 Å². The van der Waals surface area contributed by atoms with E-state index in [4.69, 9.17) is 16.3 Å². The van der Waals surface area contributed by atoms with Crippen LogP contribution in [0.5, 0.6) is 0 Å². The summed E-state index contributed by atoms with van der Waals surface area (Å²) in [5.41, 5.74) is 2.29. The van der Waals surface area contributed by atoms with Crippen LogP contribution < -0.4 is 5.32 Å². The number of ether oxygens (including phenoxy) is 1. The molecule has 2 aromatic rings. The first-order chi connectivity index (χ1) is 11.8. The number of benzene rings is 2. The second kappa shape index (κ2) is 7.76. The van der Waals surface area contributed by atoms with E-state index in [1.54, 1.807) is 6.07 Å². The summed E-state index contributed by atoms with van der Waals surface area (Å²) in [4.78, 5) is 33.9. The van der Waals surface area contributed by atoms with E-state index in [9.17, 15) is 19.7 Å². The van der Waals surface area contributed by atoms with E-state index in [0.717, 1.165) is 23.3 Å². The Kier molecular flexibility index (Phi) is 5.71. The second-order valence-electron chi connectivity index (χ2n) is 5.36. The average molecular weight is 363 g/mol. The SMILES string of the molecule is Cc1ccc(NC(=O)COC(=O)c2ccc([N+](=O)[O-])cc2Cl)c(C)c1. The third-order valence-corrected chi connectivity index (χ3v) is 3.69. The van der Waals surface area contributed by atoms with E-state index in [1.165, 1.54) is 6.07 Å². The topological polar surface area (TPSA) is 98.5 Å². The van der Waals surface area contributed by atoms with Crippen LogP contribution in [-0.2, 0) is 9.53 Å². The van der Waals surface area contributed by atoms with Crippen molar-refractivity contribution in [2.24, 2.45) is 0 Å². The first-order valence-corrected chi connectivity index (χ1v) is 7.64. The molecule has 0 heterocycles. The number of carbonyl (C=O) groups is 2. The predicted octanol–water partition coefficient (Wildman–Crippen LogP) is 3.66. The molecular formula is C17H15ClN2O5. The summed E-state index contributed by atoms with van der Waals surface area (Å²) in [6, 6.07) is 8.90. The molecular weight excluding hydrogens is 348 g/mol. The van der Waals surface area contributed by atoms with Gasteiger partial charge in [0, 0.05) is 17.8 Å². The number of nitrogens with one attached hydrogen (secondary N) is 1. The molecule has 0 saturated heterocycles. The third kappa shape index (κ3) is 4.77. The highest BCUT2D eigenvalue weighted by molar-refractivity contribution is 6.33. The van der Waals surface area contributed by atoms with Crippen molar-refractivity contribution in [3.05, 3.63) is 68.2 Å². The number of halogens is 1. The lowest BCUT2D eigenvalue weighted by molar-refractivity contribution is -0.384. The zero-order valence-electron chi connectivity index (χ0n) is 13.5. The van der Waals surface area contributed by atoms with Crippen LogP contribution in [0.3, 0.4) is 0 Å². The quantitative estimate of drug-likeness (QED) is 0.497. The molecule has 7 nitrogen and oxygen atoms in total. The first kappa shape index (κ1) is 18.4. The fourth-order valence-corrected chi connectivity index (χ4v) is 2.38. The monoisotopic (exact) mass is 362 g/mol. The molecule has 1 N–H and O–H groups in total. The van der Waals surface area contributed by atoms with Crippen molar-refractivity contribution in [2.75, 3.05) is 11.9 Å². The van der Waals surface area contributed by atoms with Crippen LogP contribution in [0, 0.1) is 24.0 Å². The maximum absolute atomic E-state index is 12.0. The average Bonchev–Trinajstić information content (AvgIpc) is 2.55. The Morgan fingerprint density at radius 1 is 1.20 bits per heavy atom. The van der Waals surface area contributed by atoms with Crippen molar-refractivity contribution in [3.8, 4) is 0 Å². The summed E-state index contributed by atoms with van der Waals surface area (Å²) >= 11 is 5.84. The fraction of sp³-hybridized carbons (Fsp3) is 0.176. The Labute approximate surface area is 148 Å². The molecule has 1 amide bonds. The lowest BCUT2D eigenvalue weighted by Crippen LogP contribution is -2.21. The molecule has 0 atom stereocenters. The molecule has 2 aromatic carbocycles. The number of amides is 1. The number of anilines is 1. The molecule has 25 heavy (non-hydrogen) atoms. The Bertz CT molecular complexity index is 851. The number of non-ortho nitro benzene ring substituents is 1. The minimum Gasteiger partial charge on any atom is -0.452 e. The molecule has 0 aliphatic carbocycles. The van der Waals surface area contributed by atoms with E-state index in [0.29, 0.717) is 5.69 Å². The molecule has 8 heteroatoms. The van der Waals surface area contributed by atoms with Crippen molar-refractivity contribution in [2.45, 2.75) is 13.8 Å². The lowest BCUT2D eigenvalue weighted by atomic mass is 10.1. The molecule has 2 rings (SSSR count). The molecule has 0 aliphatic rings. The molecule has 0 aromatic heterocycles. The highest BCUT2D eigenvalue weighted by Crippen LogP contribution is 2.23.